The molecule has 0 saturated heterocycles. The molecule has 2 N–H and O–H groups in total. The number of pyridine rings is 1. The van der Waals surface area contributed by atoms with Crippen molar-refractivity contribution in [1.29, 1.82) is 0 Å². The molecule has 21 heavy (non-hydrogen) atoms. The Morgan fingerprint density at radius 1 is 1.43 bits per heavy atom. The molecule has 0 aromatic carbocycles. The van der Waals surface area contributed by atoms with Gasteiger partial charge < -0.3 is 5.11 Å². The summed E-state index contributed by atoms with van der Waals surface area (Å²) in [6.45, 7) is 1.73. The third-order valence-corrected chi connectivity index (χ3v) is 4.28. The van der Waals surface area contributed by atoms with Crippen LogP contribution in [0.15, 0.2) is 16.5 Å². The van der Waals surface area contributed by atoms with Crippen LogP contribution in [0.4, 0.5) is 5.13 Å². The highest BCUT2D eigenvalue weighted by molar-refractivity contribution is 8.01. The van der Waals surface area contributed by atoms with Gasteiger partial charge in [-0.25, -0.2) is 4.98 Å². The van der Waals surface area contributed by atoms with Gasteiger partial charge in [0, 0.05) is 11.3 Å². The Balaban J connectivity index is 2.04. The zero-order valence-electron chi connectivity index (χ0n) is 10.7. The lowest BCUT2D eigenvalue weighted by atomic mass is 10.2. The van der Waals surface area contributed by atoms with E-state index in [1.165, 1.54) is 6.07 Å². The number of amides is 1. The highest BCUT2D eigenvalue weighted by Crippen LogP contribution is 2.25. The van der Waals surface area contributed by atoms with Crippen LogP contribution in [-0.2, 0) is 4.79 Å². The molecule has 0 aliphatic heterocycles. The summed E-state index contributed by atoms with van der Waals surface area (Å²) in [6.07, 6.45) is 0. The van der Waals surface area contributed by atoms with Crippen molar-refractivity contribution >= 4 is 51.7 Å². The summed E-state index contributed by atoms with van der Waals surface area (Å²) >= 11 is 7.94. The lowest BCUT2D eigenvalue weighted by Gasteiger charge is -2.02. The molecule has 0 unspecified atom stereocenters. The Bertz CT molecular complexity index is 672. The van der Waals surface area contributed by atoms with Crippen LogP contribution in [0.1, 0.15) is 16.1 Å². The molecule has 0 aliphatic carbocycles. The highest BCUT2D eigenvalue weighted by Gasteiger charge is 2.12. The molecule has 10 heteroatoms. The molecular formula is C11H9ClN4O3S2. The number of nitrogens with one attached hydrogen (secondary N) is 1. The molecule has 2 aromatic rings. The third kappa shape index (κ3) is 4.66. The summed E-state index contributed by atoms with van der Waals surface area (Å²) in [5, 5.41) is 19.2. The minimum absolute atomic E-state index is 0.109. The van der Waals surface area contributed by atoms with E-state index in [4.69, 9.17) is 16.7 Å². The van der Waals surface area contributed by atoms with Gasteiger partial charge in [-0.15, -0.1) is 10.2 Å². The fraction of sp³-hybridized carbons (Fsp3) is 0.182. The van der Waals surface area contributed by atoms with Gasteiger partial charge in [0.25, 0.3) is 5.91 Å². The fourth-order valence-electron chi connectivity index (χ4n) is 1.37. The normalized spacial score (nSPS) is 10.4. The summed E-state index contributed by atoms with van der Waals surface area (Å²) in [4.78, 5) is 26.5. The van der Waals surface area contributed by atoms with Crippen molar-refractivity contribution in [2.75, 3.05) is 11.1 Å². The quantitative estimate of drug-likeness (QED) is 0.487. The van der Waals surface area contributed by atoms with E-state index >= 15 is 0 Å². The van der Waals surface area contributed by atoms with Gasteiger partial charge in [0.1, 0.15) is 5.15 Å². The number of hydrogen-bond donors (Lipinski definition) is 2. The summed E-state index contributed by atoms with van der Waals surface area (Å²) < 4.78 is 0.469. The first-order chi connectivity index (χ1) is 9.94. The Morgan fingerprint density at radius 3 is 2.86 bits per heavy atom. The van der Waals surface area contributed by atoms with Crippen molar-refractivity contribution in [3.05, 3.63) is 28.5 Å². The summed E-state index contributed by atoms with van der Waals surface area (Å²) in [5.74, 6) is -1.43. The van der Waals surface area contributed by atoms with Crippen LogP contribution in [0, 0.1) is 6.92 Å². The molecule has 1 amide bonds. The third-order valence-electron chi connectivity index (χ3n) is 2.13. The number of anilines is 1. The number of aliphatic carboxylic acids is 1. The number of aromatic nitrogens is 3. The Kier molecular flexibility index (Phi) is 5.10. The second-order valence-corrected chi connectivity index (χ2v) is 6.42. The number of carboxylic acids is 1. The number of halogens is 1. The standard InChI is InChI=1S/C11H9ClN4O3S2/c1-5-2-6(3-7(12)13-5)9(19)14-10-15-16-11(21-10)20-4-8(17)18/h2-3H,4H2,1H3,(H,17,18)(H,14,15,19). The number of carbonyl (C=O) groups excluding carboxylic acids is 1. The Labute approximate surface area is 132 Å². The smallest absolute Gasteiger partial charge is 0.313 e. The molecule has 2 aromatic heterocycles. The van der Waals surface area contributed by atoms with Crippen LogP contribution in [-0.4, -0.2) is 37.9 Å². The van der Waals surface area contributed by atoms with Crippen molar-refractivity contribution in [3.8, 4) is 0 Å². The average molecular weight is 345 g/mol. The number of nitrogens with zero attached hydrogens (tertiary/aromatic N) is 3. The molecule has 0 spiro atoms. The molecule has 0 saturated carbocycles. The predicted molar refractivity (Wildman–Crippen MR) is 80.2 cm³/mol. The zero-order chi connectivity index (χ0) is 15.4. The molecular weight excluding hydrogens is 336 g/mol. The SMILES string of the molecule is Cc1cc(C(=O)Nc2nnc(SCC(=O)O)s2)cc(Cl)n1. The van der Waals surface area contributed by atoms with Gasteiger partial charge in [-0.1, -0.05) is 34.7 Å². The molecule has 0 atom stereocenters. The maximum absolute atomic E-state index is 12.0. The second kappa shape index (κ2) is 6.83. The molecule has 2 rings (SSSR count). The summed E-state index contributed by atoms with van der Waals surface area (Å²) in [6, 6.07) is 3.05. The topological polar surface area (TPSA) is 105 Å². The Hall–Kier alpha value is -1.71. The fourth-order valence-corrected chi connectivity index (χ4v) is 3.09. The van der Waals surface area contributed by atoms with E-state index in [1.807, 2.05) is 0 Å². The van der Waals surface area contributed by atoms with Crippen LogP contribution in [0.5, 0.6) is 0 Å². The van der Waals surface area contributed by atoms with Gasteiger partial charge in [-0.05, 0) is 19.1 Å². The molecule has 0 bridgehead atoms. The lowest BCUT2D eigenvalue weighted by molar-refractivity contribution is -0.133. The van der Waals surface area contributed by atoms with Gasteiger partial charge in [-0.2, -0.15) is 0 Å². The van der Waals surface area contributed by atoms with Gasteiger partial charge >= 0.3 is 5.97 Å². The van der Waals surface area contributed by atoms with E-state index in [1.54, 1.807) is 13.0 Å². The molecule has 0 radical (unpaired) electrons. The van der Waals surface area contributed by atoms with Crippen molar-refractivity contribution in [3.63, 3.8) is 0 Å². The number of rotatable bonds is 5. The van der Waals surface area contributed by atoms with Crippen molar-refractivity contribution in [2.24, 2.45) is 0 Å². The van der Waals surface area contributed by atoms with Crippen LogP contribution < -0.4 is 5.32 Å². The van der Waals surface area contributed by atoms with Crippen LogP contribution in [0.3, 0.4) is 0 Å². The number of carboxylic acid groups (broad SMARTS) is 1. The first kappa shape index (κ1) is 15.7. The first-order valence-electron chi connectivity index (χ1n) is 5.57. The molecule has 7 nitrogen and oxygen atoms in total. The minimum atomic E-state index is -0.942. The number of aryl methyl sites for hydroxylation is 1. The zero-order valence-corrected chi connectivity index (χ0v) is 13.1. The maximum atomic E-state index is 12.0. The van der Waals surface area contributed by atoms with Gasteiger partial charge in [0.15, 0.2) is 4.34 Å². The van der Waals surface area contributed by atoms with Crippen LogP contribution in [0.25, 0.3) is 0 Å². The number of thioether (sulfide) groups is 1. The van der Waals surface area contributed by atoms with E-state index in [2.05, 4.69) is 20.5 Å². The minimum Gasteiger partial charge on any atom is -0.481 e. The lowest BCUT2D eigenvalue weighted by Crippen LogP contribution is -2.12. The highest BCUT2D eigenvalue weighted by atomic mass is 35.5. The van der Waals surface area contributed by atoms with Crippen molar-refractivity contribution < 1.29 is 14.7 Å². The second-order valence-electron chi connectivity index (χ2n) is 3.83. The Morgan fingerprint density at radius 2 is 2.19 bits per heavy atom. The summed E-state index contributed by atoms with van der Waals surface area (Å²) in [5.41, 5.74) is 0.991. The van der Waals surface area contributed by atoms with Gasteiger partial charge in [0.2, 0.25) is 5.13 Å². The van der Waals surface area contributed by atoms with E-state index < -0.39 is 5.97 Å². The maximum Gasteiger partial charge on any atom is 0.313 e. The van der Waals surface area contributed by atoms with Crippen molar-refractivity contribution in [1.82, 2.24) is 15.2 Å². The van der Waals surface area contributed by atoms with E-state index in [9.17, 15) is 9.59 Å². The molecule has 110 valence electrons. The number of carbonyl (C=O) groups is 2. The first-order valence-corrected chi connectivity index (χ1v) is 7.75. The average Bonchev–Trinajstić information content (AvgIpc) is 2.83. The summed E-state index contributed by atoms with van der Waals surface area (Å²) in [7, 11) is 0. The monoisotopic (exact) mass is 344 g/mol. The van der Waals surface area contributed by atoms with Crippen LogP contribution >= 0.6 is 34.7 Å². The molecule has 2 heterocycles. The van der Waals surface area contributed by atoms with Gasteiger partial charge in [0.05, 0.1) is 5.75 Å². The molecule has 0 aliphatic rings. The van der Waals surface area contributed by atoms with Gasteiger partial charge in [-0.3, -0.25) is 14.9 Å². The number of hydrogen-bond acceptors (Lipinski definition) is 7. The van der Waals surface area contributed by atoms with E-state index in [0.717, 1.165) is 23.1 Å². The van der Waals surface area contributed by atoms with Crippen molar-refractivity contribution in [2.45, 2.75) is 11.3 Å². The largest absolute Gasteiger partial charge is 0.481 e. The predicted octanol–water partition coefficient (Wildman–Crippen LogP) is 2.32. The van der Waals surface area contributed by atoms with Crippen LogP contribution in [0.2, 0.25) is 5.15 Å². The van der Waals surface area contributed by atoms with E-state index in [-0.39, 0.29) is 16.8 Å². The van der Waals surface area contributed by atoms with E-state index in [0.29, 0.717) is 20.7 Å². The molecule has 0 fully saturated rings.